The van der Waals surface area contributed by atoms with Crippen molar-refractivity contribution in [2.45, 2.75) is 6.92 Å². The topological polar surface area (TPSA) is 63.6 Å². The molecule has 4 nitrogen and oxygen atoms in total. The molecule has 0 amide bonds. The zero-order chi connectivity index (χ0) is 8.15. The van der Waals surface area contributed by atoms with Gasteiger partial charge >= 0.3 is 5.97 Å². The van der Waals surface area contributed by atoms with Crippen LogP contribution in [0.4, 0.5) is 0 Å². The van der Waals surface area contributed by atoms with Gasteiger partial charge in [0.25, 0.3) is 5.78 Å². The molecule has 0 aromatic heterocycles. The summed E-state index contributed by atoms with van der Waals surface area (Å²) in [5, 5.41) is 8.26. The number of Topliss-reactive ketones (excluding diaryl/α,β-unsaturated/α-hetero) is 1. The van der Waals surface area contributed by atoms with Crippen LogP contribution in [0.5, 0.6) is 0 Å². The maximum absolute atomic E-state index is 10.6. The van der Waals surface area contributed by atoms with Crippen LogP contribution >= 0.6 is 0 Å². The summed E-state index contributed by atoms with van der Waals surface area (Å²) in [6.45, 7) is 1.32. The minimum Gasteiger partial charge on any atom is -0.515 e. The van der Waals surface area contributed by atoms with Gasteiger partial charge in [-0.2, -0.15) is 0 Å². The molecule has 56 valence electrons. The molecule has 0 bridgehead atoms. The molecular formula is C6H8O4. The van der Waals surface area contributed by atoms with Gasteiger partial charge in [0.1, 0.15) is 0 Å². The molecule has 0 fully saturated rings. The summed E-state index contributed by atoms with van der Waals surface area (Å²) in [6, 6.07) is 0. The van der Waals surface area contributed by atoms with Crippen LogP contribution in [0.15, 0.2) is 11.8 Å². The van der Waals surface area contributed by atoms with Crippen molar-refractivity contribution in [2.24, 2.45) is 0 Å². The Balaban J connectivity index is 4.23. The van der Waals surface area contributed by atoms with Gasteiger partial charge in [-0.1, -0.05) is 0 Å². The number of aliphatic hydroxyl groups excluding tert-OH is 1. The number of hydrogen-bond donors (Lipinski definition) is 1. The summed E-state index contributed by atoms with van der Waals surface area (Å²) in [5.41, 5.74) is -0.0353. The standard InChI is InChI=1S/C6H8O4/c1-4(3-7)5(8)6(9)10-2/h3,7H,1-2H3. The fourth-order valence-electron chi connectivity index (χ4n) is 0.312. The van der Waals surface area contributed by atoms with E-state index in [1.54, 1.807) is 0 Å². The Morgan fingerprint density at radius 1 is 1.50 bits per heavy atom. The minimum atomic E-state index is -0.970. The lowest BCUT2D eigenvalue weighted by atomic mass is 10.2. The number of esters is 1. The molecule has 4 heteroatoms. The lowest BCUT2D eigenvalue weighted by molar-refractivity contribution is -0.149. The van der Waals surface area contributed by atoms with Crippen LogP contribution in [0.3, 0.4) is 0 Å². The molecule has 0 radical (unpaired) electrons. The van der Waals surface area contributed by atoms with E-state index in [2.05, 4.69) is 4.74 Å². The van der Waals surface area contributed by atoms with E-state index in [-0.39, 0.29) is 5.57 Å². The maximum Gasteiger partial charge on any atom is 0.379 e. The van der Waals surface area contributed by atoms with Gasteiger partial charge in [-0.05, 0) is 6.92 Å². The first-order valence-corrected chi connectivity index (χ1v) is 2.57. The summed E-state index contributed by atoms with van der Waals surface area (Å²) in [5.74, 6) is -1.80. The second-order valence-electron chi connectivity index (χ2n) is 1.63. The van der Waals surface area contributed by atoms with Crippen LogP contribution < -0.4 is 0 Å². The predicted molar refractivity (Wildman–Crippen MR) is 33.4 cm³/mol. The van der Waals surface area contributed by atoms with Crippen molar-refractivity contribution in [3.05, 3.63) is 11.8 Å². The molecule has 1 N–H and O–H groups in total. The fourth-order valence-corrected chi connectivity index (χ4v) is 0.312. The number of aliphatic hydroxyl groups is 1. The summed E-state index contributed by atoms with van der Waals surface area (Å²) in [7, 11) is 1.10. The number of hydrogen-bond acceptors (Lipinski definition) is 4. The largest absolute Gasteiger partial charge is 0.515 e. The van der Waals surface area contributed by atoms with Crippen LogP contribution in [0.2, 0.25) is 0 Å². The lowest BCUT2D eigenvalue weighted by Crippen LogP contribution is -2.16. The second kappa shape index (κ2) is 3.66. The molecule has 0 unspecified atom stereocenters. The maximum atomic E-state index is 10.6. The molecule has 0 spiro atoms. The molecule has 0 saturated carbocycles. The van der Waals surface area contributed by atoms with Crippen LogP contribution in [0, 0.1) is 0 Å². The number of rotatable bonds is 2. The Hall–Kier alpha value is -1.32. The number of carbonyl (C=O) groups excluding carboxylic acids is 2. The molecule has 0 heterocycles. The minimum absolute atomic E-state index is 0.0353. The SMILES string of the molecule is COC(=O)C(=O)C(C)=CO. The summed E-state index contributed by atoms with van der Waals surface area (Å²) >= 11 is 0. The van der Waals surface area contributed by atoms with Crippen molar-refractivity contribution < 1.29 is 19.4 Å². The van der Waals surface area contributed by atoms with Crippen molar-refractivity contribution in [2.75, 3.05) is 7.11 Å². The average Bonchev–Trinajstić information content (AvgIpc) is 2.00. The highest BCUT2D eigenvalue weighted by molar-refractivity contribution is 6.40. The third-order valence-electron chi connectivity index (χ3n) is 0.923. The Morgan fingerprint density at radius 3 is 2.30 bits per heavy atom. The Kier molecular flexibility index (Phi) is 3.17. The summed E-state index contributed by atoms with van der Waals surface area (Å²) in [6.07, 6.45) is 0.569. The molecule has 0 aliphatic carbocycles. The molecule has 0 aliphatic rings. The van der Waals surface area contributed by atoms with Crippen molar-refractivity contribution in [1.82, 2.24) is 0 Å². The van der Waals surface area contributed by atoms with E-state index >= 15 is 0 Å². The van der Waals surface area contributed by atoms with Crippen molar-refractivity contribution >= 4 is 11.8 Å². The zero-order valence-corrected chi connectivity index (χ0v) is 5.75. The van der Waals surface area contributed by atoms with Gasteiger partial charge in [0.05, 0.1) is 13.4 Å². The smallest absolute Gasteiger partial charge is 0.379 e. The lowest BCUT2D eigenvalue weighted by Gasteiger charge is -1.94. The first-order valence-electron chi connectivity index (χ1n) is 2.57. The van der Waals surface area contributed by atoms with E-state index in [1.807, 2.05) is 0 Å². The fraction of sp³-hybridized carbons (Fsp3) is 0.333. The van der Waals surface area contributed by atoms with E-state index in [1.165, 1.54) is 6.92 Å². The highest BCUT2D eigenvalue weighted by atomic mass is 16.5. The molecule has 10 heavy (non-hydrogen) atoms. The monoisotopic (exact) mass is 144 g/mol. The van der Waals surface area contributed by atoms with Gasteiger partial charge in [-0.15, -0.1) is 0 Å². The average molecular weight is 144 g/mol. The molecule has 0 saturated heterocycles. The van der Waals surface area contributed by atoms with E-state index in [4.69, 9.17) is 5.11 Å². The summed E-state index contributed by atoms with van der Waals surface area (Å²) < 4.78 is 4.09. The van der Waals surface area contributed by atoms with Gasteiger partial charge in [-0.3, -0.25) is 4.79 Å². The molecular weight excluding hydrogens is 136 g/mol. The molecule has 0 atom stereocenters. The third-order valence-corrected chi connectivity index (χ3v) is 0.923. The molecule has 0 aromatic rings. The first-order chi connectivity index (χ1) is 4.63. The molecule has 0 rings (SSSR count). The zero-order valence-electron chi connectivity index (χ0n) is 5.75. The quantitative estimate of drug-likeness (QED) is 0.260. The third kappa shape index (κ3) is 1.89. The number of ketones is 1. The van der Waals surface area contributed by atoms with E-state index in [0.29, 0.717) is 6.26 Å². The van der Waals surface area contributed by atoms with Crippen molar-refractivity contribution in [1.29, 1.82) is 0 Å². The Morgan fingerprint density at radius 2 is 2.00 bits per heavy atom. The molecule has 0 aliphatic heterocycles. The van der Waals surface area contributed by atoms with E-state index in [9.17, 15) is 9.59 Å². The number of ether oxygens (including phenoxy) is 1. The summed E-state index contributed by atoms with van der Waals surface area (Å²) in [4.78, 5) is 21.0. The highest BCUT2D eigenvalue weighted by Gasteiger charge is 2.15. The predicted octanol–water partition coefficient (Wildman–Crippen LogP) is 0.190. The Labute approximate surface area is 58.1 Å². The van der Waals surface area contributed by atoms with Crippen molar-refractivity contribution in [3.63, 3.8) is 0 Å². The normalized spacial score (nSPS) is 10.8. The van der Waals surface area contributed by atoms with Crippen LogP contribution in [0.25, 0.3) is 0 Å². The van der Waals surface area contributed by atoms with Crippen LogP contribution in [-0.4, -0.2) is 24.0 Å². The van der Waals surface area contributed by atoms with Gasteiger partial charge in [0.15, 0.2) is 0 Å². The number of methoxy groups -OCH3 is 1. The number of carbonyl (C=O) groups is 2. The Bertz CT molecular complexity index is 180. The van der Waals surface area contributed by atoms with E-state index in [0.717, 1.165) is 7.11 Å². The second-order valence-corrected chi connectivity index (χ2v) is 1.63. The van der Waals surface area contributed by atoms with Gasteiger partial charge in [0.2, 0.25) is 0 Å². The van der Waals surface area contributed by atoms with Crippen LogP contribution in [-0.2, 0) is 14.3 Å². The van der Waals surface area contributed by atoms with E-state index < -0.39 is 11.8 Å². The first kappa shape index (κ1) is 8.68. The van der Waals surface area contributed by atoms with Gasteiger partial charge in [0, 0.05) is 5.57 Å². The van der Waals surface area contributed by atoms with Crippen LogP contribution in [0.1, 0.15) is 6.92 Å². The highest BCUT2D eigenvalue weighted by Crippen LogP contribution is 1.93. The van der Waals surface area contributed by atoms with Gasteiger partial charge < -0.3 is 9.84 Å². The van der Waals surface area contributed by atoms with Gasteiger partial charge in [-0.25, -0.2) is 4.79 Å². The molecule has 0 aromatic carbocycles. The van der Waals surface area contributed by atoms with Crippen molar-refractivity contribution in [3.8, 4) is 0 Å².